The summed E-state index contributed by atoms with van der Waals surface area (Å²) in [5.74, 6) is -0.433. The van der Waals surface area contributed by atoms with Crippen LogP contribution in [0.5, 0.6) is 0 Å². The van der Waals surface area contributed by atoms with Gasteiger partial charge in [-0.1, -0.05) is 55.7 Å². The summed E-state index contributed by atoms with van der Waals surface area (Å²) in [6, 6.07) is 21.0. The van der Waals surface area contributed by atoms with Crippen LogP contribution in [0.15, 0.2) is 66.7 Å². The molecule has 1 saturated carbocycles. The van der Waals surface area contributed by atoms with Gasteiger partial charge >= 0.3 is 5.97 Å². The molecule has 0 radical (unpaired) electrons. The SMILES string of the molecule is [C-]#[N+]c1cc(CN(C(=O)C2CCCCC2)c2cccc(/C=C/C(=O)OC)c2)ccc1-c1ccc(N(C)C)cc1C#N. The number of hydrogen-bond donors (Lipinski definition) is 0. The number of anilines is 2. The maximum Gasteiger partial charge on any atom is 0.330 e. The van der Waals surface area contributed by atoms with Crippen molar-refractivity contribution in [2.75, 3.05) is 31.0 Å². The van der Waals surface area contributed by atoms with Gasteiger partial charge in [-0.2, -0.15) is 5.26 Å². The average molecular weight is 547 g/mol. The van der Waals surface area contributed by atoms with Crippen LogP contribution in [0.1, 0.15) is 48.8 Å². The summed E-state index contributed by atoms with van der Waals surface area (Å²) in [4.78, 5) is 33.0. The largest absolute Gasteiger partial charge is 0.466 e. The van der Waals surface area contributed by atoms with Crippen molar-refractivity contribution >= 4 is 35.0 Å². The second-order valence-electron chi connectivity index (χ2n) is 10.4. The Hall–Kier alpha value is -4.88. The lowest BCUT2D eigenvalue weighted by atomic mass is 9.88. The molecule has 0 aliphatic heterocycles. The van der Waals surface area contributed by atoms with Gasteiger partial charge in [-0.05, 0) is 65.4 Å². The number of hydrogen-bond acceptors (Lipinski definition) is 5. The van der Waals surface area contributed by atoms with Gasteiger partial charge < -0.3 is 14.5 Å². The number of nitriles is 1. The van der Waals surface area contributed by atoms with Crippen molar-refractivity contribution in [1.82, 2.24) is 0 Å². The Bertz CT molecular complexity index is 1540. The molecule has 0 spiro atoms. The summed E-state index contributed by atoms with van der Waals surface area (Å²) in [7, 11) is 5.16. The first-order chi connectivity index (χ1) is 19.8. The van der Waals surface area contributed by atoms with E-state index in [0.29, 0.717) is 28.9 Å². The van der Waals surface area contributed by atoms with Crippen LogP contribution in [0.4, 0.5) is 17.1 Å². The third kappa shape index (κ3) is 7.01. The lowest BCUT2D eigenvalue weighted by Gasteiger charge is -2.30. The molecule has 0 bridgehead atoms. The van der Waals surface area contributed by atoms with Crippen LogP contribution in [0, 0.1) is 23.8 Å². The standard InChI is InChI=1S/C34H34N4O3/c1-36-32-20-25(13-16-31(32)30-17-15-28(37(2)3)21-27(30)22-35)23-38(34(40)26-10-6-5-7-11-26)29-12-8-9-24(19-29)14-18-33(39)41-4/h8-9,12-21,26H,5-7,10-11,23H2,2-4H3/b18-14+. The van der Waals surface area contributed by atoms with Crippen molar-refractivity contribution in [1.29, 1.82) is 5.26 Å². The molecule has 4 rings (SSSR count). The Kier molecular flexibility index (Phi) is 9.55. The number of methoxy groups -OCH3 is 1. The van der Waals surface area contributed by atoms with Crippen LogP contribution in [-0.2, 0) is 20.9 Å². The topological polar surface area (TPSA) is 78.0 Å². The highest BCUT2D eigenvalue weighted by Gasteiger charge is 2.27. The summed E-state index contributed by atoms with van der Waals surface area (Å²) in [5, 5.41) is 9.82. The number of nitrogens with zero attached hydrogens (tertiary/aromatic N) is 4. The zero-order valence-electron chi connectivity index (χ0n) is 23.8. The van der Waals surface area contributed by atoms with Crippen LogP contribution in [0.3, 0.4) is 0 Å². The molecule has 1 fully saturated rings. The summed E-state index contributed by atoms with van der Waals surface area (Å²) < 4.78 is 4.71. The van der Waals surface area contributed by atoms with Gasteiger partial charge in [0.25, 0.3) is 0 Å². The lowest BCUT2D eigenvalue weighted by molar-refractivity contribution is -0.134. The molecule has 7 nitrogen and oxygen atoms in total. The molecule has 41 heavy (non-hydrogen) atoms. The minimum atomic E-state index is -0.451. The molecule has 0 aromatic heterocycles. The van der Waals surface area contributed by atoms with Crippen LogP contribution < -0.4 is 9.80 Å². The predicted molar refractivity (Wildman–Crippen MR) is 162 cm³/mol. The van der Waals surface area contributed by atoms with Crippen LogP contribution in [0.25, 0.3) is 22.0 Å². The molecule has 1 amide bonds. The van der Waals surface area contributed by atoms with E-state index < -0.39 is 5.97 Å². The van der Waals surface area contributed by atoms with Crippen LogP contribution >= 0.6 is 0 Å². The number of ether oxygens (including phenoxy) is 1. The number of carbonyl (C=O) groups is 2. The molecule has 0 N–H and O–H groups in total. The van der Waals surface area contributed by atoms with Gasteiger partial charge in [0.2, 0.25) is 5.91 Å². The van der Waals surface area contributed by atoms with E-state index in [-0.39, 0.29) is 11.8 Å². The predicted octanol–water partition coefficient (Wildman–Crippen LogP) is 7.14. The van der Waals surface area contributed by atoms with Crippen molar-refractivity contribution in [2.24, 2.45) is 5.92 Å². The summed E-state index contributed by atoms with van der Waals surface area (Å²) in [5.41, 5.74) is 5.55. The smallest absolute Gasteiger partial charge is 0.330 e. The zero-order valence-corrected chi connectivity index (χ0v) is 23.8. The van der Waals surface area contributed by atoms with E-state index in [1.807, 2.05) is 79.7 Å². The van der Waals surface area contributed by atoms with E-state index in [2.05, 4.69) is 10.9 Å². The third-order valence-corrected chi connectivity index (χ3v) is 7.47. The molecule has 7 heteroatoms. The van der Waals surface area contributed by atoms with E-state index in [0.717, 1.165) is 54.6 Å². The number of rotatable bonds is 8. The van der Waals surface area contributed by atoms with Crippen LogP contribution in [-0.4, -0.2) is 33.1 Å². The van der Waals surface area contributed by atoms with Crippen molar-refractivity contribution in [3.63, 3.8) is 0 Å². The first-order valence-electron chi connectivity index (χ1n) is 13.7. The number of benzene rings is 3. The second-order valence-corrected chi connectivity index (χ2v) is 10.4. The fourth-order valence-electron chi connectivity index (χ4n) is 5.21. The minimum absolute atomic E-state index is 0.0500. The molecule has 0 saturated heterocycles. The van der Waals surface area contributed by atoms with Gasteiger partial charge in [-0.25, -0.2) is 9.64 Å². The fraction of sp³-hybridized carbons (Fsp3) is 0.294. The van der Waals surface area contributed by atoms with Crippen LogP contribution in [0.2, 0.25) is 0 Å². The van der Waals surface area contributed by atoms with Gasteiger partial charge in [0.05, 0.1) is 25.3 Å². The van der Waals surface area contributed by atoms with Crippen molar-refractivity contribution in [3.05, 3.63) is 94.8 Å². The normalized spacial score (nSPS) is 13.3. The van der Waals surface area contributed by atoms with E-state index in [9.17, 15) is 14.9 Å². The van der Waals surface area contributed by atoms with Gasteiger partial charge in [0.1, 0.15) is 0 Å². The summed E-state index contributed by atoms with van der Waals surface area (Å²) in [6.45, 7) is 8.19. The van der Waals surface area contributed by atoms with Gasteiger partial charge in [-0.3, -0.25) is 4.79 Å². The molecule has 0 heterocycles. The number of esters is 1. The summed E-state index contributed by atoms with van der Waals surface area (Å²) >= 11 is 0. The fourth-order valence-corrected chi connectivity index (χ4v) is 5.21. The maximum absolute atomic E-state index is 13.9. The van der Waals surface area contributed by atoms with Crippen molar-refractivity contribution in [3.8, 4) is 17.2 Å². The molecule has 1 aliphatic carbocycles. The molecule has 208 valence electrons. The Morgan fingerprint density at radius 3 is 2.46 bits per heavy atom. The Morgan fingerprint density at radius 2 is 1.78 bits per heavy atom. The Labute approximate surface area is 242 Å². The minimum Gasteiger partial charge on any atom is -0.466 e. The van der Waals surface area contributed by atoms with Gasteiger partial charge in [-0.15, -0.1) is 0 Å². The Balaban J connectivity index is 1.70. The first kappa shape index (κ1) is 29.1. The second kappa shape index (κ2) is 13.5. The van der Waals surface area contributed by atoms with Gasteiger partial charge in [0, 0.05) is 44.0 Å². The first-order valence-corrected chi connectivity index (χ1v) is 13.7. The van der Waals surface area contributed by atoms with Crippen molar-refractivity contribution < 1.29 is 14.3 Å². The quantitative estimate of drug-likeness (QED) is 0.170. The van der Waals surface area contributed by atoms with E-state index in [1.165, 1.54) is 13.2 Å². The molecular weight excluding hydrogens is 512 g/mol. The third-order valence-electron chi connectivity index (χ3n) is 7.47. The highest BCUT2D eigenvalue weighted by molar-refractivity contribution is 5.96. The lowest BCUT2D eigenvalue weighted by Crippen LogP contribution is -2.36. The molecule has 3 aromatic carbocycles. The van der Waals surface area contributed by atoms with E-state index in [4.69, 9.17) is 11.3 Å². The van der Waals surface area contributed by atoms with Crippen molar-refractivity contribution in [2.45, 2.75) is 38.6 Å². The van der Waals surface area contributed by atoms with E-state index in [1.54, 1.807) is 11.0 Å². The average Bonchev–Trinajstić information content (AvgIpc) is 3.02. The van der Waals surface area contributed by atoms with Gasteiger partial charge in [0.15, 0.2) is 5.69 Å². The Morgan fingerprint density at radius 1 is 1.02 bits per heavy atom. The molecule has 3 aromatic rings. The molecule has 0 atom stereocenters. The molecular formula is C34H34N4O3. The molecule has 1 aliphatic rings. The highest BCUT2D eigenvalue weighted by atomic mass is 16.5. The molecule has 0 unspecified atom stereocenters. The van der Waals surface area contributed by atoms with E-state index >= 15 is 0 Å². The monoisotopic (exact) mass is 546 g/mol. The number of carbonyl (C=O) groups excluding carboxylic acids is 2. The zero-order chi connectivity index (χ0) is 29.4. The summed E-state index contributed by atoms with van der Waals surface area (Å²) in [6.07, 6.45) is 7.97. The highest BCUT2D eigenvalue weighted by Crippen LogP contribution is 2.36. The number of amides is 1. The maximum atomic E-state index is 13.9.